The molecule has 1 heterocycles. The van der Waals surface area contributed by atoms with E-state index in [2.05, 4.69) is 55.6 Å². The van der Waals surface area contributed by atoms with Crippen molar-refractivity contribution in [2.75, 3.05) is 0 Å². The molecule has 0 spiro atoms. The summed E-state index contributed by atoms with van der Waals surface area (Å²) in [5, 5.41) is 4.29. The fraction of sp³-hybridized carbons (Fsp3) is 0.407. The molecule has 1 amide bonds. The zero-order chi connectivity index (χ0) is 21.4. The van der Waals surface area contributed by atoms with E-state index in [9.17, 15) is 4.79 Å². The van der Waals surface area contributed by atoms with Gasteiger partial charge in [0.05, 0.1) is 17.0 Å². The average Bonchev–Trinajstić information content (AvgIpc) is 3.51. The molecule has 0 unspecified atom stereocenters. The van der Waals surface area contributed by atoms with E-state index in [0.717, 1.165) is 38.5 Å². The third-order valence-corrected chi connectivity index (χ3v) is 8.38. The molecule has 3 nitrogen and oxygen atoms in total. The number of nitrogens with one attached hydrogen (secondary N) is 1. The lowest BCUT2D eigenvalue weighted by molar-refractivity contribution is -0.121. The molecule has 0 aliphatic heterocycles. The van der Waals surface area contributed by atoms with Crippen LogP contribution in [0.2, 0.25) is 0 Å². The Balaban J connectivity index is 1.37. The maximum absolute atomic E-state index is 13.0. The van der Waals surface area contributed by atoms with Crippen molar-refractivity contribution in [2.24, 2.45) is 17.8 Å². The van der Waals surface area contributed by atoms with Crippen molar-refractivity contribution in [3.8, 4) is 21.0 Å². The molecule has 4 heteroatoms. The van der Waals surface area contributed by atoms with Gasteiger partial charge in [0, 0.05) is 11.6 Å². The van der Waals surface area contributed by atoms with Crippen molar-refractivity contribution in [1.82, 2.24) is 10.3 Å². The monoisotopic (exact) mass is 430 g/mol. The molecule has 2 saturated carbocycles. The maximum Gasteiger partial charge on any atom is 0.226 e. The van der Waals surface area contributed by atoms with E-state index >= 15 is 0 Å². The molecule has 5 rings (SSSR count). The minimum atomic E-state index is 0.0912. The van der Waals surface area contributed by atoms with Crippen LogP contribution in [0.3, 0.4) is 0 Å². The summed E-state index contributed by atoms with van der Waals surface area (Å²) in [4.78, 5) is 19.0. The number of hydrogen-bond donors (Lipinski definition) is 1. The molecule has 1 aromatic heterocycles. The normalized spacial score (nSPS) is 23.1. The van der Waals surface area contributed by atoms with E-state index in [-0.39, 0.29) is 11.9 Å². The van der Waals surface area contributed by atoms with Crippen molar-refractivity contribution in [2.45, 2.75) is 52.0 Å². The molecule has 0 saturated heterocycles. The van der Waals surface area contributed by atoms with Crippen LogP contribution in [0.25, 0.3) is 21.0 Å². The van der Waals surface area contributed by atoms with E-state index < -0.39 is 0 Å². The summed E-state index contributed by atoms with van der Waals surface area (Å²) in [5.41, 5.74) is 4.35. The molecule has 3 aromatic rings. The number of carbonyl (C=O) groups excluding carboxylic acids is 1. The highest BCUT2D eigenvalue weighted by Gasteiger charge is 2.42. The molecular formula is C27H30N2OS. The van der Waals surface area contributed by atoms with Gasteiger partial charge in [-0.05, 0) is 56.4 Å². The largest absolute Gasteiger partial charge is 0.353 e. The van der Waals surface area contributed by atoms with Gasteiger partial charge in [0.25, 0.3) is 0 Å². The van der Waals surface area contributed by atoms with Crippen LogP contribution in [-0.4, -0.2) is 16.9 Å². The Hall–Kier alpha value is -2.46. The first kappa shape index (κ1) is 20.4. The summed E-state index contributed by atoms with van der Waals surface area (Å²) < 4.78 is 0. The number of carbonyl (C=O) groups is 1. The van der Waals surface area contributed by atoms with E-state index in [1.54, 1.807) is 11.3 Å². The van der Waals surface area contributed by atoms with Crippen LogP contribution in [0.5, 0.6) is 0 Å². The van der Waals surface area contributed by atoms with E-state index in [1.165, 1.54) is 31.2 Å². The first-order valence-corrected chi connectivity index (χ1v) is 12.3. The van der Waals surface area contributed by atoms with E-state index in [4.69, 9.17) is 4.98 Å². The standard InChI is InChI=1S/C27H30N2OS/c1-17-8-11-20(12-9-17)26-24(29-27(31-26)21-6-4-3-5-7-21)16-25(30)28-18(2)23-15-19-10-13-22(23)14-19/h3-9,11-12,18-19,22-23H,10,13-16H2,1-2H3,(H,28,30)/t18-,19-,22-,23-/m0/s1. The summed E-state index contributed by atoms with van der Waals surface area (Å²) in [6.45, 7) is 4.29. The summed E-state index contributed by atoms with van der Waals surface area (Å²) in [5.74, 6) is 2.45. The second-order valence-electron chi connectivity index (χ2n) is 9.40. The molecule has 2 bridgehead atoms. The van der Waals surface area contributed by atoms with E-state index in [1.807, 2.05) is 18.2 Å². The van der Waals surface area contributed by atoms with Gasteiger partial charge in [-0.25, -0.2) is 4.98 Å². The Morgan fingerprint density at radius 1 is 1.06 bits per heavy atom. The van der Waals surface area contributed by atoms with Gasteiger partial charge in [0.2, 0.25) is 5.91 Å². The zero-order valence-corrected chi connectivity index (χ0v) is 19.1. The second-order valence-corrected chi connectivity index (χ2v) is 10.4. The summed E-state index contributed by atoms with van der Waals surface area (Å²) >= 11 is 1.68. The Bertz CT molecular complexity index is 1060. The third-order valence-electron chi connectivity index (χ3n) is 7.18. The van der Waals surface area contributed by atoms with Crippen LogP contribution in [0.4, 0.5) is 0 Å². The SMILES string of the molecule is Cc1ccc(-c2sc(-c3ccccc3)nc2CC(=O)N[C@@H](C)[C@@H]2C[C@H]3CC[C@H]2C3)cc1. The molecule has 0 radical (unpaired) electrons. The van der Waals surface area contributed by atoms with Crippen LogP contribution in [0.1, 0.15) is 43.9 Å². The molecular weight excluding hydrogens is 400 g/mol. The van der Waals surface area contributed by atoms with Gasteiger partial charge in [-0.2, -0.15) is 0 Å². The lowest BCUT2D eigenvalue weighted by Gasteiger charge is -2.28. The highest BCUT2D eigenvalue weighted by molar-refractivity contribution is 7.18. The highest BCUT2D eigenvalue weighted by atomic mass is 32.1. The Labute approximate surface area is 188 Å². The zero-order valence-electron chi connectivity index (χ0n) is 18.3. The number of benzene rings is 2. The Morgan fingerprint density at radius 3 is 2.52 bits per heavy atom. The lowest BCUT2D eigenvalue weighted by atomic mass is 9.84. The lowest BCUT2D eigenvalue weighted by Crippen LogP contribution is -2.40. The van der Waals surface area contributed by atoms with Gasteiger partial charge in [0.1, 0.15) is 5.01 Å². The van der Waals surface area contributed by atoms with Crippen molar-refractivity contribution in [1.29, 1.82) is 0 Å². The van der Waals surface area contributed by atoms with Crippen LogP contribution < -0.4 is 5.32 Å². The number of fused-ring (bicyclic) bond motifs is 2. The molecule has 2 aromatic carbocycles. The number of aryl methyl sites for hydroxylation is 1. The average molecular weight is 431 g/mol. The van der Waals surface area contributed by atoms with Gasteiger partial charge >= 0.3 is 0 Å². The first-order valence-electron chi connectivity index (χ1n) is 11.5. The van der Waals surface area contributed by atoms with Crippen molar-refractivity contribution >= 4 is 17.2 Å². The minimum absolute atomic E-state index is 0.0912. The van der Waals surface area contributed by atoms with Crippen LogP contribution in [0, 0.1) is 24.7 Å². The van der Waals surface area contributed by atoms with Gasteiger partial charge in [-0.3, -0.25) is 4.79 Å². The number of aromatic nitrogens is 1. The number of hydrogen-bond acceptors (Lipinski definition) is 3. The molecule has 160 valence electrons. The van der Waals surface area contributed by atoms with Crippen molar-refractivity contribution in [3.63, 3.8) is 0 Å². The molecule has 2 aliphatic rings. The summed E-state index contributed by atoms with van der Waals surface area (Å²) in [7, 11) is 0. The maximum atomic E-state index is 13.0. The molecule has 2 aliphatic carbocycles. The fourth-order valence-electron chi connectivity index (χ4n) is 5.58. The van der Waals surface area contributed by atoms with Crippen molar-refractivity contribution < 1.29 is 4.79 Å². The van der Waals surface area contributed by atoms with Crippen LogP contribution in [0.15, 0.2) is 54.6 Å². The molecule has 4 atom stereocenters. The minimum Gasteiger partial charge on any atom is -0.353 e. The third kappa shape index (κ3) is 4.31. The molecule has 31 heavy (non-hydrogen) atoms. The predicted molar refractivity (Wildman–Crippen MR) is 128 cm³/mol. The number of thiazole rings is 1. The fourth-order valence-corrected chi connectivity index (χ4v) is 6.67. The second kappa shape index (κ2) is 8.58. The first-order chi connectivity index (χ1) is 15.1. The van der Waals surface area contributed by atoms with Gasteiger partial charge in [-0.1, -0.05) is 66.6 Å². The van der Waals surface area contributed by atoms with E-state index in [0.29, 0.717) is 12.3 Å². The smallest absolute Gasteiger partial charge is 0.226 e. The Morgan fingerprint density at radius 2 is 1.84 bits per heavy atom. The van der Waals surface area contributed by atoms with Gasteiger partial charge in [0.15, 0.2) is 0 Å². The van der Waals surface area contributed by atoms with Gasteiger partial charge < -0.3 is 5.32 Å². The highest BCUT2D eigenvalue weighted by Crippen LogP contribution is 2.49. The van der Waals surface area contributed by atoms with Gasteiger partial charge in [-0.15, -0.1) is 11.3 Å². The van der Waals surface area contributed by atoms with Crippen LogP contribution in [-0.2, 0) is 11.2 Å². The number of rotatable bonds is 6. The topological polar surface area (TPSA) is 42.0 Å². The van der Waals surface area contributed by atoms with Crippen LogP contribution >= 0.6 is 11.3 Å². The predicted octanol–water partition coefficient (Wildman–Crippen LogP) is 6.27. The summed E-state index contributed by atoms with van der Waals surface area (Å²) in [6, 6.07) is 19.0. The molecule has 1 N–H and O–H groups in total. The quantitative estimate of drug-likeness (QED) is 0.501. The Kier molecular flexibility index (Phi) is 5.66. The summed E-state index contributed by atoms with van der Waals surface area (Å²) in [6.07, 6.45) is 5.73. The molecule has 2 fully saturated rings. The van der Waals surface area contributed by atoms with Crippen molar-refractivity contribution in [3.05, 3.63) is 65.9 Å². The number of nitrogens with zero attached hydrogens (tertiary/aromatic N) is 1. The number of amides is 1.